The van der Waals surface area contributed by atoms with Gasteiger partial charge in [-0.2, -0.15) is 5.26 Å². The van der Waals surface area contributed by atoms with Gasteiger partial charge in [0, 0.05) is 49.1 Å². The van der Waals surface area contributed by atoms with Crippen LogP contribution in [0.1, 0.15) is 128 Å². The number of nitriles is 1. The second-order valence-electron chi connectivity index (χ2n) is 18.0. The summed E-state index contributed by atoms with van der Waals surface area (Å²) < 4.78 is 0. The van der Waals surface area contributed by atoms with E-state index in [0.717, 1.165) is 88.2 Å². The zero-order valence-corrected chi connectivity index (χ0v) is 32.1. The minimum Gasteiger partial charge on any atom is -0.353 e. The number of pyridine rings is 2. The molecule has 2 heterocycles. The summed E-state index contributed by atoms with van der Waals surface area (Å²) in [6.07, 6.45) is 27.9. The van der Waals surface area contributed by atoms with Crippen molar-refractivity contribution in [2.24, 2.45) is 51.2 Å². The van der Waals surface area contributed by atoms with Gasteiger partial charge in [-0.25, -0.2) is 0 Å². The lowest BCUT2D eigenvalue weighted by atomic mass is 9.34. The summed E-state index contributed by atoms with van der Waals surface area (Å²) in [6.45, 7) is 7.25. The van der Waals surface area contributed by atoms with Crippen LogP contribution in [0.15, 0.2) is 61.2 Å². The van der Waals surface area contributed by atoms with E-state index >= 15 is 0 Å². The number of carbonyl (C=O) groups is 3. The second-order valence-corrected chi connectivity index (χ2v) is 18.0. The molecule has 5 fully saturated rings. The third-order valence-electron chi connectivity index (χ3n) is 15.8. The summed E-state index contributed by atoms with van der Waals surface area (Å²) in [5.74, 6) is 0.558. The van der Waals surface area contributed by atoms with E-state index in [-0.39, 0.29) is 69.4 Å². The summed E-state index contributed by atoms with van der Waals surface area (Å²) in [5.41, 5.74) is 0.720. The third-order valence-corrected chi connectivity index (χ3v) is 15.8. The Kier molecular flexibility index (Phi) is 10.6. The van der Waals surface area contributed by atoms with Crippen LogP contribution in [0.4, 0.5) is 0 Å². The van der Waals surface area contributed by atoms with Gasteiger partial charge in [-0.3, -0.25) is 24.4 Å². The van der Waals surface area contributed by atoms with Crippen LogP contribution in [0, 0.1) is 62.6 Å². The largest absolute Gasteiger partial charge is 0.353 e. The van der Waals surface area contributed by atoms with Gasteiger partial charge in [0.15, 0.2) is 11.6 Å². The zero-order chi connectivity index (χ0) is 37.3. The number of rotatable bonds is 10. The number of allylic oxidation sites excluding steroid dienone is 2. The molecule has 7 nitrogen and oxygen atoms in total. The SMILES string of the molecule is C[C@@]1(CCC#N)[C@H]2CC[C@@H]3[C@H]4[C@H](C(=O)/C=C/c5cccnc5)CC[C@]4(C(=O)NC4CCCCC4)CC[C@@]3(C)[C@]2(C)CC[C@H]1C(=O)/C=C/c1cccnc1. The maximum absolute atomic E-state index is 14.7. The molecule has 7 rings (SSSR count). The standard InChI is InChI=1S/C46H58N4O3/c1-43(22-9-27-47)36(39(52)18-15-33-11-8-29-49-31-33)21-23-45(3)40(43)19-16-37-41-35(38(51)17-14-32-10-7-28-48-30-32)20-24-46(41,26-25-44(37,45)2)42(53)50-34-12-5-4-6-13-34/h7-8,10-11,14-15,17-18,28-31,34-37,40-41H,4-6,9,12-13,16,19-26H2,1-3H3,(H,50,53)/b17-14+,18-15+/t35-,36-,37+,40+,41+,43-,44+,45+,46-/m0/s1. The lowest BCUT2D eigenvalue weighted by Gasteiger charge is -2.70. The van der Waals surface area contributed by atoms with Crippen LogP contribution in [-0.4, -0.2) is 33.5 Å². The first-order valence-electron chi connectivity index (χ1n) is 20.5. The van der Waals surface area contributed by atoms with Gasteiger partial charge in [0.05, 0.1) is 11.5 Å². The maximum atomic E-state index is 14.7. The van der Waals surface area contributed by atoms with E-state index in [9.17, 15) is 19.6 Å². The van der Waals surface area contributed by atoms with Crippen molar-refractivity contribution < 1.29 is 14.4 Å². The molecule has 280 valence electrons. The van der Waals surface area contributed by atoms with Gasteiger partial charge >= 0.3 is 0 Å². The van der Waals surface area contributed by atoms with Gasteiger partial charge in [0.25, 0.3) is 0 Å². The topological polar surface area (TPSA) is 113 Å². The minimum absolute atomic E-state index is 0.0270. The average Bonchev–Trinajstić information content (AvgIpc) is 3.58. The van der Waals surface area contributed by atoms with Crippen molar-refractivity contribution in [3.63, 3.8) is 0 Å². The number of ketones is 2. The first-order valence-corrected chi connectivity index (χ1v) is 20.5. The van der Waals surface area contributed by atoms with Crippen molar-refractivity contribution in [1.29, 1.82) is 5.26 Å². The van der Waals surface area contributed by atoms with Gasteiger partial charge in [-0.15, -0.1) is 0 Å². The fourth-order valence-electron chi connectivity index (χ4n) is 12.9. The van der Waals surface area contributed by atoms with Crippen LogP contribution in [0.2, 0.25) is 0 Å². The summed E-state index contributed by atoms with van der Waals surface area (Å²) in [6, 6.07) is 10.3. The van der Waals surface area contributed by atoms with Crippen LogP contribution >= 0.6 is 0 Å². The Morgan fingerprint density at radius 1 is 0.811 bits per heavy atom. The highest BCUT2D eigenvalue weighted by molar-refractivity contribution is 5.97. The summed E-state index contributed by atoms with van der Waals surface area (Å²) >= 11 is 0. The minimum atomic E-state index is -0.540. The summed E-state index contributed by atoms with van der Waals surface area (Å²) in [7, 11) is 0. The molecule has 2 aromatic rings. The summed E-state index contributed by atoms with van der Waals surface area (Å²) in [5, 5.41) is 13.4. The first-order chi connectivity index (χ1) is 25.6. The molecule has 5 saturated carbocycles. The molecule has 0 spiro atoms. The molecule has 5 aliphatic rings. The number of nitrogens with zero attached hydrogens (tertiary/aromatic N) is 3. The van der Waals surface area contributed by atoms with E-state index < -0.39 is 5.41 Å². The highest BCUT2D eigenvalue weighted by Gasteiger charge is 2.71. The fraction of sp³-hybridized carbons (Fsp3) is 0.609. The normalized spacial score (nSPS) is 37.0. The van der Waals surface area contributed by atoms with E-state index in [4.69, 9.17) is 0 Å². The predicted molar refractivity (Wildman–Crippen MR) is 208 cm³/mol. The molecule has 1 N–H and O–H groups in total. The average molecular weight is 715 g/mol. The Morgan fingerprint density at radius 3 is 2.13 bits per heavy atom. The zero-order valence-electron chi connectivity index (χ0n) is 32.1. The molecule has 0 radical (unpaired) electrons. The van der Waals surface area contributed by atoms with E-state index in [2.05, 4.69) is 42.1 Å². The Hall–Kier alpha value is -3.92. The van der Waals surface area contributed by atoms with Crippen LogP contribution < -0.4 is 5.32 Å². The van der Waals surface area contributed by atoms with Crippen molar-refractivity contribution in [1.82, 2.24) is 15.3 Å². The van der Waals surface area contributed by atoms with E-state index in [1.54, 1.807) is 36.9 Å². The predicted octanol–water partition coefficient (Wildman–Crippen LogP) is 9.36. The molecule has 0 unspecified atom stereocenters. The van der Waals surface area contributed by atoms with Gasteiger partial charge in [0.1, 0.15) is 0 Å². The third kappa shape index (κ3) is 6.63. The van der Waals surface area contributed by atoms with E-state index in [0.29, 0.717) is 12.8 Å². The number of hydrogen-bond donors (Lipinski definition) is 1. The second kappa shape index (κ2) is 15.1. The molecule has 2 aromatic heterocycles. The Balaban J connectivity index is 1.22. The quantitative estimate of drug-likeness (QED) is 0.246. The van der Waals surface area contributed by atoms with Crippen molar-refractivity contribution in [3.8, 4) is 6.07 Å². The van der Waals surface area contributed by atoms with Crippen molar-refractivity contribution in [2.75, 3.05) is 0 Å². The van der Waals surface area contributed by atoms with Crippen LogP contribution in [0.25, 0.3) is 12.2 Å². The van der Waals surface area contributed by atoms with Crippen molar-refractivity contribution >= 4 is 29.6 Å². The van der Waals surface area contributed by atoms with Crippen LogP contribution in [0.5, 0.6) is 0 Å². The molecule has 0 bridgehead atoms. The smallest absolute Gasteiger partial charge is 0.226 e. The summed E-state index contributed by atoms with van der Waals surface area (Å²) in [4.78, 5) is 51.7. The first kappa shape index (κ1) is 37.4. The lowest BCUT2D eigenvalue weighted by molar-refractivity contribution is -0.218. The monoisotopic (exact) mass is 714 g/mol. The van der Waals surface area contributed by atoms with Crippen LogP contribution in [0.3, 0.4) is 0 Å². The van der Waals surface area contributed by atoms with Crippen molar-refractivity contribution in [2.45, 2.75) is 123 Å². The maximum Gasteiger partial charge on any atom is 0.226 e. The molecule has 1 amide bonds. The lowest BCUT2D eigenvalue weighted by Crippen LogP contribution is -2.66. The molecule has 0 aromatic carbocycles. The number of carbonyl (C=O) groups excluding carboxylic acids is 3. The van der Waals surface area contributed by atoms with Gasteiger partial charge < -0.3 is 5.32 Å². The van der Waals surface area contributed by atoms with Gasteiger partial charge in [-0.1, -0.05) is 52.2 Å². The molecule has 0 saturated heterocycles. The van der Waals surface area contributed by atoms with Gasteiger partial charge in [0.2, 0.25) is 5.91 Å². The van der Waals surface area contributed by atoms with E-state index in [1.807, 2.05) is 36.4 Å². The highest BCUT2D eigenvalue weighted by atomic mass is 16.2. The number of hydrogen-bond acceptors (Lipinski definition) is 6. The molecular weight excluding hydrogens is 657 g/mol. The number of aromatic nitrogens is 2. The Morgan fingerprint density at radius 2 is 1.49 bits per heavy atom. The molecule has 53 heavy (non-hydrogen) atoms. The number of amides is 1. The molecular formula is C46H58N4O3. The molecule has 9 atom stereocenters. The molecule has 0 aliphatic heterocycles. The van der Waals surface area contributed by atoms with Gasteiger partial charge in [-0.05, 0) is 152 Å². The molecule has 5 aliphatic carbocycles. The Bertz CT molecular complexity index is 1760. The molecule has 7 heteroatoms. The number of fused-ring (bicyclic) bond motifs is 5. The fourth-order valence-corrected chi connectivity index (χ4v) is 12.9. The number of nitrogens with one attached hydrogen (secondary N) is 1. The van der Waals surface area contributed by atoms with E-state index in [1.165, 1.54) is 6.42 Å². The highest BCUT2D eigenvalue weighted by Crippen LogP contribution is 2.75. The van der Waals surface area contributed by atoms with Crippen molar-refractivity contribution in [3.05, 3.63) is 72.3 Å². The van der Waals surface area contributed by atoms with Crippen LogP contribution in [-0.2, 0) is 14.4 Å². The Labute approximate surface area is 316 Å².